The molecule has 1 fully saturated rings. The average Bonchev–Trinajstić information content (AvgIpc) is 2.12. The van der Waals surface area contributed by atoms with Gasteiger partial charge in [-0.15, -0.1) is 0 Å². The quantitative estimate of drug-likeness (QED) is 0.697. The standard InChI is InChI=1S/C10H14N2O/c1-13-10-4-3-9(11-7-10)8-12-5-2-6-12/h3-4,7H,2,5-6,8H2,1H3. The molecule has 0 saturated carbocycles. The molecule has 0 unspecified atom stereocenters. The van der Waals surface area contributed by atoms with Gasteiger partial charge in [-0.25, -0.2) is 0 Å². The first-order valence-electron chi connectivity index (χ1n) is 4.60. The smallest absolute Gasteiger partial charge is 0.137 e. The van der Waals surface area contributed by atoms with Gasteiger partial charge in [0.05, 0.1) is 19.0 Å². The molecule has 0 aromatic carbocycles. The van der Waals surface area contributed by atoms with Gasteiger partial charge in [0.25, 0.3) is 0 Å². The summed E-state index contributed by atoms with van der Waals surface area (Å²) in [4.78, 5) is 6.69. The van der Waals surface area contributed by atoms with E-state index in [-0.39, 0.29) is 0 Å². The number of pyridine rings is 1. The summed E-state index contributed by atoms with van der Waals surface area (Å²) < 4.78 is 5.04. The molecule has 0 radical (unpaired) electrons. The van der Waals surface area contributed by atoms with E-state index in [0.29, 0.717) is 0 Å². The number of aromatic nitrogens is 1. The van der Waals surface area contributed by atoms with Crippen LogP contribution >= 0.6 is 0 Å². The molecule has 3 heteroatoms. The summed E-state index contributed by atoms with van der Waals surface area (Å²) in [6, 6.07) is 3.99. The lowest BCUT2D eigenvalue weighted by Crippen LogP contribution is -2.36. The van der Waals surface area contributed by atoms with Gasteiger partial charge in [-0.2, -0.15) is 0 Å². The molecule has 0 N–H and O–H groups in total. The Labute approximate surface area is 78.3 Å². The zero-order valence-electron chi connectivity index (χ0n) is 7.86. The van der Waals surface area contributed by atoms with E-state index < -0.39 is 0 Å². The van der Waals surface area contributed by atoms with Crippen molar-refractivity contribution in [2.45, 2.75) is 13.0 Å². The number of methoxy groups -OCH3 is 1. The van der Waals surface area contributed by atoms with Crippen LogP contribution < -0.4 is 4.74 Å². The minimum absolute atomic E-state index is 0.826. The first-order valence-corrected chi connectivity index (χ1v) is 4.60. The van der Waals surface area contributed by atoms with Gasteiger partial charge in [-0.05, 0) is 31.6 Å². The van der Waals surface area contributed by atoms with Crippen LogP contribution in [0.2, 0.25) is 0 Å². The van der Waals surface area contributed by atoms with Gasteiger partial charge in [0, 0.05) is 6.54 Å². The lowest BCUT2D eigenvalue weighted by atomic mass is 10.2. The molecule has 0 amide bonds. The number of rotatable bonds is 3. The van der Waals surface area contributed by atoms with Gasteiger partial charge in [0.2, 0.25) is 0 Å². The Bertz CT molecular complexity index is 267. The maximum Gasteiger partial charge on any atom is 0.137 e. The van der Waals surface area contributed by atoms with Crippen molar-refractivity contribution in [3.8, 4) is 5.75 Å². The van der Waals surface area contributed by atoms with E-state index in [1.54, 1.807) is 13.3 Å². The van der Waals surface area contributed by atoms with Gasteiger partial charge >= 0.3 is 0 Å². The van der Waals surface area contributed by atoms with E-state index in [1.165, 1.54) is 19.5 Å². The Morgan fingerprint density at radius 2 is 2.31 bits per heavy atom. The van der Waals surface area contributed by atoms with Crippen LogP contribution in [-0.2, 0) is 6.54 Å². The van der Waals surface area contributed by atoms with Crippen LogP contribution in [0, 0.1) is 0 Å². The van der Waals surface area contributed by atoms with Crippen molar-refractivity contribution in [3.05, 3.63) is 24.0 Å². The van der Waals surface area contributed by atoms with Gasteiger partial charge in [0.15, 0.2) is 0 Å². The molecular formula is C10H14N2O. The minimum Gasteiger partial charge on any atom is -0.495 e. The monoisotopic (exact) mass is 178 g/mol. The van der Waals surface area contributed by atoms with Crippen molar-refractivity contribution in [2.24, 2.45) is 0 Å². The van der Waals surface area contributed by atoms with Crippen molar-refractivity contribution in [3.63, 3.8) is 0 Å². The highest BCUT2D eigenvalue weighted by Crippen LogP contribution is 2.13. The summed E-state index contributed by atoms with van der Waals surface area (Å²) in [6.45, 7) is 3.41. The average molecular weight is 178 g/mol. The molecule has 1 aliphatic rings. The predicted molar refractivity (Wildman–Crippen MR) is 50.7 cm³/mol. The number of likely N-dealkylation sites (tertiary alicyclic amines) is 1. The maximum atomic E-state index is 5.04. The second kappa shape index (κ2) is 3.75. The number of nitrogens with zero attached hydrogens (tertiary/aromatic N) is 2. The first kappa shape index (κ1) is 8.51. The third-order valence-electron chi connectivity index (χ3n) is 2.37. The fourth-order valence-electron chi connectivity index (χ4n) is 1.39. The zero-order chi connectivity index (χ0) is 9.10. The molecule has 0 aliphatic carbocycles. The highest BCUT2D eigenvalue weighted by Gasteiger charge is 2.13. The Morgan fingerprint density at radius 1 is 1.46 bits per heavy atom. The van der Waals surface area contributed by atoms with Gasteiger partial charge in [-0.3, -0.25) is 9.88 Å². The van der Waals surface area contributed by atoms with Gasteiger partial charge in [-0.1, -0.05) is 0 Å². The normalized spacial score (nSPS) is 16.7. The number of hydrogen-bond acceptors (Lipinski definition) is 3. The molecule has 0 spiro atoms. The van der Waals surface area contributed by atoms with Crippen molar-refractivity contribution >= 4 is 0 Å². The first-order chi connectivity index (χ1) is 6.38. The number of ether oxygens (including phenoxy) is 1. The summed E-state index contributed by atoms with van der Waals surface area (Å²) in [5.74, 6) is 0.826. The highest BCUT2D eigenvalue weighted by atomic mass is 16.5. The topological polar surface area (TPSA) is 25.4 Å². The van der Waals surface area contributed by atoms with Crippen LogP contribution in [0.3, 0.4) is 0 Å². The molecule has 3 nitrogen and oxygen atoms in total. The van der Waals surface area contributed by atoms with E-state index in [9.17, 15) is 0 Å². The largest absolute Gasteiger partial charge is 0.495 e. The van der Waals surface area contributed by atoms with Crippen molar-refractivity contribution in [2.75, 3.05) is 20.2 Å². The van der Waals surface area contributed by atoms with E-state index >= 15 is 0 Å². The fraction of sp³-hybridized carbons (Fsp3) is 0.500. The predicted octanol–water partition coefficient (Wildman–Crippen LogP) is 1.30. The molecule has 13 heavy (non-hydrogen) atoms. The highest BCUT2D eigenvalue weighted by molar-refractivity contribution is 5.19. The maximum absolute atomic E-state index is 5.04. The van der Waals surface area contributed by atoms with Crippen molar-refractivity contribution < 1.29 is 4.74 Å². The Kier molecular flexibility index (Phi) is 2.45. The summed E-state index contributed by atoms with van der Waals surface area (Å²) in [7, 11) is 1.66. The zero-order valence-corrected chi connectivity index (χ0v) is 7.86. The van der Waals surface area contributed by atoms with E-state index in [4.69, 9.17) is 4.74 Å². The SMILES string of the molecule is COc1ccc(CN2CCC2)nc1. The molecule has 1 saturated heterocycles. The Hall–Kier alpha value is -1.09. The lowest BCUT2D eigenvalue weighted by Gasteiger charge is -2.30. The molecular weight excluding hydrogens is 164 g/mol. The van der Waals surface area contributed by atoms with Crippen molar-refractivity contribution in [1.29, 1.82) is 0 Å². The summed E-state index contributed by atoms with van der Waals surface area (Å²) in [5.41, 5.74) is 1.13. The van der Waals surface area contributed by atoms with Crippen LogP contribution in [0.25, 0.3) is 0 Å². The minimum atomic E-state index is 0.826. The molecule has 2 rings (SSSR count). The second-order valence-corrected chi connectivity index (χ2v) is 3.32. The van der Waals surface area contributed by atoms with Gasteiger partial charge in [0.1, 0.15) is 5.75 Å². The molecule has 2 heterocycles. The molecule has 1 aromatic heterocycles. The van der Waals surface area contributed by atoms with Crippen LogP contribution in [0.5, 0.6) is 5.75 Å². The Balaban J connectivity index is 1.96. The lowest BCUT2D eigenvalue weighted by molar-refractivity contribution is 0.170. The molecule has 1 aromatic rings. The molecule has 70 valence electrons. The fourth-order valence-corrected chi connectivity index (χ4v) is 1.39. The van der Waals surface area contributed by atoms with E-state index in [2.05, 4.69) is 9.88 Å². The molecule has 1 aliphatic heterocycles. The van der Waals surface area contributed by atoms with Crippen LogP contribution in [0.1, 0.15) is 12.1 Å². The van der Waals surface area contributed by atoms with E-state index in [0.717, 1.165) is 18.0 Å². The Morgan fingerprint density at radius 3 is 2.77 bits per heavy atom. The van der Waals surface area contributed by atoms with E-state index in [1.807, 2.05) is 12.1 Å². The second-order valence-electron chi connectivity index (χ2n) is 3.32. The summed E-state index contributed by atoms with van der Waals surface area (Å²) in [5, 5.41) is 0. The van der Waals surface area contributed by atoms with Crippen LogP contribution in [-0.4, -0.2) is 30.1 Å². The van der Waals surface area contributed by atoms with Gasteiger partial charge < -0.3 is 4.74 Å². The van der Waals surface area contributed by atoms with Crippen LogP contribution in [0.4, 0.5) is 0 Å². The van der Waals surface area contributed by atoms with Crippen molar-refractivity contribution in [1.82, 2.24) is 9.88 Å². The summed E-state index contributed by atoms with van der Waals surface area (Å²) in [6.07, 6.45) is 3.10. The molecule has 0 atom stereocenters. The third-order valence-corrected chi connectivity index (χ3v) is 2.37. The third kappa shape index (κ3) is 1.98. The summed E-state index contributed by atoms with van der Waals surface area (Å²) >= 11 is 0. The molecule has 0 bridgehead atoms. The van der Waals surface area contributed by atoms with Crippen LogP contribution in [0.15, 0.2) is 18.3 Å². The number of hydrogen-bond donors (Lipinski definition) is 0.